The molecule has 1 aromatic carbocycles. The number of ether oxygens (including phenoxy) is 2. The van der Waals surface area contributed by atoms with Gasteiger partial charge in [0.05, 0.1) is 31.4 Å². The Kier molecular flexibility index (Phi) is 4.77. The number of carbonyl (C=O) groups excluding carboxylic acids is 1. The van der Waals surface area contributed by atoms with Crippen LogP contribution in [0.3, 0.4) is 0 Å². The van der Waals surface area contributed by atoms with E-state index in [0.29, 0.717) is 28.9 Å². The lowest BCUT2D eigenvalue weighted by Gasteiger charge is -2.10. The molecule has 1 heterocycles. The molecule has 2 aromatic rings. The second-order valence-electron chi connectivity index (χ2n) is 4.49. The largest absolute Gasteiger partial charge is 0.493 e. The quantitative estimate of drug-likeness (QED) is 0.795. The minimum Gasteiger partial charge on any atom is -0.493 e. The number of methoxy groups -OCH3 is 2. The Labute approximate surface area is 127 Å². The summed E-state index contributed by atoms with van der Waals surface area (Å²) in [6, 6.07) is 3.18. The molecule has 0 radical (unpaired) electrons. The van der Waals surface area contributed by atoms with Crippen LogP contribution in [0, 0.1) is 0 Å². The Morgan fingerprint density at radius 1 is 1.36 bits per heavy atom. The van der Waals surface area contributed by atoms with Gasteiger partial charge in [0.15, 0.2) is 11.5 Å². The molecule has 0 aliphatic carbocycles. The highest BCUT2D eigenvalue weighted by molar-refractivity contribution is 5.82. The molecule has 116 valence electrons. The van der Waals surface area contributed by atoms with Crippen molar-refractivity contribution < 1.29 is 14.3 Å². The van der Waals surface area contributed by atoms with Crippen molar-refractivity contribution in [1.29, 1.82) is 0 Å². The van der Waals surface area contributed by atoms with Crippen LogP contribution in [-0.4, -0.2) is 36.2 Å². The summed E-state index contributed by atoms with van der Waals surface area (Å²) in [4.78, 5) is 28.3. The van der Waals surface area contributed by atoms with Crippen molar-refractivity contribution in [2.24, 2.45) is 0 Å². The third-order valence-electron chi connectivity index (χ3n) is 3.09. The van der Waals surface area contributed by atoms with Crippen molar-refractivity contribution in [3.05, 3.63) is 41.5 Å². The molecule has 1 N–H and O–H groups in total. The van der Waals surface area contributed by atoms with Crippen LogP contribution in [0.4, 0.5) is 0 Å². The highest BCUT2D eigenvalue weighted by atomic mass is 16.5. The minimum atomic E-state index is -0.320. The van der Waals surface area contributed by atoms with E-state index in [9.17, 15) is 9.59 Å². The number of carbonyl (C=O) groups is 1. The van der Waals surface area contributed by atoms with E-state index in [0.717, 1.165) is 0 Å². The monoisotopic (exact) mass is 303 g/mol. The van der Waals surface area contributed by atoms with E-state index in [1.165, 1.54) is 25.1 Å². The molecule has 0 spiro atoms. The molecule has 0 atom stereocenters. The molecule has 0 saturated heterocycles. The first-order valence-electron chi connectivity index (χ1n) is 6.59. The van der Waals surface area contributed by atoms with Crippen molar-refractivity contribution in [3.8, 4) is 11.5 Å². The molecule has 0 unspecified atom stereocenters. The molecule has 0 bridgehead atoms. The van der Waals surface area contributed by atoms with Gasteiger partial charge in [0.1, 0.15) is 6.54 Å². The molecule has 0 fully saturated rings. The predicted octanol–water partition coefficient (Wildman–Crippen LogP) is 0.716. The zero-order valence-electron chi connectivity index (χ0n) is 12.5. The smallest absolute Gasteiger partial charge is 0.261 e. The maximum Gasteiger partial charge on any atom is 0.261 e. The Hall–Kier alpha value is -2.83. The molecule has 1 aromatic heterocycles. The van der Waals surface area contributed by atoms with Gasteiger partial charge in [-0.1, -0.05) is 6.08 Å². The Bertz CT molecular complexity index is 767. The first kappa shape index (κ1) is 15.6. The second-order valence-corrected chi connectivity index (χ2v) is 4.49. The van der Waals surface area contributed by atoms with Crippen LogP contribution < -0.4 is 20.3 Å². The zero-order valence-corrected chi connectivity index (χ0v) is 12.5. The van der Waals surface area contributed by atoms with E-state index in [2.05, 4.69) is 16.9 Å². The van der Waals surface area contributed by atoms with Crippen molar-refractivity contribution in [1.82, 2.24) is 14.9 Å². The third-order valence-corrected chi connectivity index (χ3v) is 3.09. The first-order valence-corrected chi connectivity index (χ1v) is 6.59. The van der Waals surface area contributed by atoms with Gasteiger partial charge in [-0.25, -0.2) is 4.98 Å². The summed E-state index contributed by atoms with van der Waals surface area (Å²) in [6.07, 6.45) is 2.90. The van der Waals surface area contributed by atoms with Gasteiger partial charge in [0.2, 0.25) is 5.91 Å². The number of fused-ring (bicyclic) bond motifs is 1. The van der Waals surface area contributed by atoms with Crippen LogP contribution in [0.15, 0.2) is 35.9 Å². The van der Waals surface area contributed by atoms with Crippen LogP contribution in [0.5, 0.6) is 11.5 Å². The second kappa shape index (κ2) is 6.75. The van der Waals surface area contributed by atoms with E-state index in [1.807, 2.05) is 0 Å². The van der Waals surface area contributed by atoms with Crippen molar-refractivity contribution in [3.63, 3.8) is 0 Å². The molecule has 0 aliphatic heterocycles. The topological polar surface area (TPSA) is 82.5 Å². The fraction of sp³-hybridized carbons (Fsp3) is 0.267. The van der Waals surface area contributed by atoms with Gasteiger partial charge in [-0.15, -0.1) is 6.58 Å². The molecular weight excluding hydrogens is 286 g/mol. The lowest BCUT2D eigenvalue weighted by atomic mass is 10.2. The highest BCUT2D eigenvalue weighted by Crippen LogP contribution is 2.29. The predicted molar refractivity (Wildman–Crippen MR) is 82.3 cm³/mol. The third kappa shape index (κ3) is 3.08. The molecule has 7 heteroatoms. The SMILES string of the molecule is C=CCNC(=O)Cn1cnc2cc(OC)c(OC)cc2c1=O. The number of hydrogen-bond donors (Lipinski definition) is 1. The summed E-state index contributed by atoms with van der Waals surface area (Å²) in [5.74, 6) is 0.634. The van der Waals surface area contributed by atoms with E-state index in [4.69, 9.17) is 9.47 Å². The van der Waals surface area contributed by atoms with Crippen LogP contribution in [0.1, 0.15) is 0 Å². The van der Waals surface area contributed by atoms with E-state index < -0.39 is 0 Å². The number of nitrogens with one attached hydrogen (secondary N) is 1. The number of amides is 1. The fourth-order valence-corrected chi connectivity index (χ4v) is 1.99. The van der Waals surface area contributed by atoms with Gasteiger partial charge in [0, 0.05) is 12.6 Å². The standard InChI is InChI=1S/C15H17N3O4/c1-4-5-16-14(19)8-18-9-17-11-7-13(22-3)12(21-2)6-10(11)15(18)20/h4,6-7,9H,1,5,8H2,2-3H3,(H,16,19). The Balaban J connectivity index is 2.43. The van der Waals surface area contributed by atoms with Gasteiger partial charge in [-0.05, 0) is 6.07 Å². The fourth-order valence-electron chi connectivity index (χ4n) is 1.99. The number of aromatic nitrogens is 2. The zero-order chi connectivity index (χ0) is 16.1. The summed E-state index contributed by atoms with van der Waals surface area (Å²) in [7, 11) is 3.00. The van der Waals surface area contributed by atoms with Crippen molar-refractivity contribution >= 4 is 16.8 Å². The van der Waals surface area contributed by atoms with E-state index in [-0.39, 0.29) is 18.0 Å². The maximum atomic E-state index is 12.4. The summed E-state index contributed by atoms with van der Waals surface area (Å²) < 4.78 is 11.6. The lowest BCUT2D eigenvalue weighted by Crippen LogP contribution is -2.32. The molecule has 0 saturated carbocycles. The van der Waals surface area contributed by atoms with Crippen LogP contribution in [0.25, 0.3) is 10.9 Å². The first-order chi connectivity index (χ1) is 10.6. The van der Waals surface area contributed by atoms with Gasteiger partial charge in [-0.2, -0.15) is 0 Å². The van der Waals surface area contributed by atoms with Gasteiger partial charge in [-0.3, -0.25) is 14.2 Å². The average molecular weight is 303 g/mol. The van der Waals surface area contributed by atoms with E-state index >= 15 is 0 Å². The molecule has 0 aliphatic rings. The number of benzene rings is 1. The van der Waals surface area contributed by atoms with Gasteiger partial charge >= 0.3 is 0 Å². The minimum absolute atomic E-state index is 0.107. The number of nitrogens with zero attached hydrogens (tertiary/aromatic N) is 2. The molecule has 2 rings (SSSR count). The van der Waals surface area contributed by atoms with Crippen LogP contribution in [0.2, 0.25) is 0 Å². The number of hydrogen-bond acceptors (Lipinski definition) is 5. The Morgan fingerprint density at radius 3 is 2.68 bits per heavy atom. The molecule has 7 nitrogen and oxygen atoms in total. The summed E-state index contributed by atoms with van der Waals surface area (Å²) in [5, 5.41) is 2.97. The van der Waals surface area contributed by atoms with Gasteiger partial charge in [0.25, 0.3) is 5.56 Å². The Morgan fingerprint density at radius 2 is 2.05 bits per heavy atom. The summed E-state index contributed by atoms with van der Waals surface area (Å²) in [6.45, 7) is 3.75. The highest BCUT2D eigenvalue weighted by Gasteiger charge is 2.12. The maximum absolute atomic E-state index is 12.4. The van der Waals surface area contributed by atoms with Crippen LogP contribution in [-0.2, 0) is 11.3 Å². The molecule has 1 amide bonds. The summed E-state index contributed by atoms with van der Waals surface area (Å²) in [5.41, 5.74) is 0.158. The van der Waals surface area contributed by atoms with Crippen molar-refractivity contribution in [2.45, 2.75) is 6.54 Å². The van der Waals surface area contributed by atoms with E-state index in [1.54, 1.807) is 18.2 Å². The normalized spacial score (nSPS) is 10.3. The van der Waals surface area contributed by atoms with Crippen molar-refractivity contribution in [2.75, 3.05) is 20.8 Å². The number of rotatable bonds is 6. The average Bonchev–Trinajstić information content (AvgIpc) is 2.54. The summed E-state index contributed by atoms with van der Waals surface area (Å²) >= 11 is 0. The molecule has 22 heavy (non-hydrogen) atoms. The lowest BCUT2D eigenvalue weighted by molar-refractivity contribution is -0.121. The molecular formula is C15H17N3O4. The van der Waals surface area contributed by atoms with Gasteiger partial charge < -0.3 is 14.8 Å². The van der Waals surface area contributed by atoms with Crippen LogP contribution >= 0.6 is 0 Å².